The number of hydrogen-bond donors (Lipinski definition) is 2. The monoisotopic (exact) mass is 450 g/mol. The smallest absolute Gasteiger partial charge is 0.338 e. The Morgan fingerprint density at radius 1 is 0.969 bits per heavy atom. The summed E-state index contributed by atoms with van der Waals surface area (Å²) in [5.41, 5.74) is 2.54. The lowest BCUT2D eigenvalue weighted by molar-refractivity contribution is 0.0499. The van der Waals surface area contributed by atoms with Crippen LogP contribution in [0, 0.1) is 6.92 Å². The quantitative estimate of drug-likeness (QED) is 0.195. The van der Waals surface area contributed by atoms with E-state index in [1.165, 1.54) is 11.3 Å². The molecular weight excluding hydrogens is 424 g/mol. The Morgan fingerprint density at radius 3 is 2.28 bits per heavy atom. The lowest BCUT2D eigenvalue weighted by Crippen LogP contribution is -2.46. The number of hydrogen-bond acceptors (Lipinski definition) is 6. The molecule has 0 spiro atoms. The maximum absolute atomic E-state index is 13.1. The lowest BCUT2D eigenvalue weighted by atomic mass is 10.1. The average molecular weight is 451 g/mol. The molecule has 2 N–H and O–H groups in total. The molecule has 1 heterocycles. The minimum Gasteiger partial charge on any atom is -0.462 e. The summed E-state index contributed by atoms with van der Waals surface area (Å²) in [6, 6.07) is 17.3. The molecule has 6 nitrogen and oxygen atoms in total. The molecule has 0 saturated carbocycles. The Bertz CT molecular complexity index is 1040. The zero-order chi connectivity index (χ0) is 22.9. The van der Waals surface area contributed by atoms with Crippen LogP contribution in [0.2, 0.25) is 0 Å². The van der Waals surface area contributed by atoms with Crippen LogP contribution in [0.3, 0.4) is 0 Å². The van der Waals surface area contributed by atoms with Gasteiger partial charge >= 0.3 is 5.97 Å². The van der Waals surface area contributed by atoms with Crippen LogP contribution >= 0.6 is 11.3 Å². The molecule has 166 valence electrons. The third-order valence-corrected chi connectivity index (χ3v) is 5.65. The minimum absolute atomic E-state index is 0.266. The van der Waals surface area contributed by atoms with E-state index < -0.39 is 6.17 Å². The van der Waals surface area contributed by atoms with E-state index in [9.17, 15) is 14.4 Å². The normalized spacial score (nSPS) is 11.4. The van der Waals surface area contributed by atoms with Gasteiger partial charge in [-0.25, -0.2) is 4.79 Å². The van der Waals surface area contributed by atoms with Gasteiger partial charge in [-0.15, -0.1) is 11.3 Å². The molecule has 3 rings (SSSR count). The Labute approximate surface area is 191 Å². The number of unbranched alkanes of at least 4 members (excludes halogenated alkanes) is 1. The topological polar surface area (TPSA) is 84.5 Å². The van der Waals surface area contributed by atoms with Crippen molar-refractivity contribution in [1.82, 2.24) is 5.32 Å². The minimum atomic E-state index is -0.977. The van der Waals surface area contributed by atoms with E-state index in [1.807, 2.05) is 26.0 Å². The van der Waals surface area contributed by atoms with E-state index >= 15 is 0 Å². The fraction of sp³-hybridized carbons (Fsp3) is 0.240. The Morgan fingerprint density at radius 2 is 1.66 bits per heavy atom. The SMILES string of the molecule is CCCCOC(=O)c1ccc(N[C@@H](NC(=O)c2cccs2)C(=O)c2ccc(C)cc2)cc1. The maximum Gasteiger partial charge on any atom is 0.338 e. The highest BCUT2D eigenvalue weighted by molar-refractivity contribution is 7.12. The zero-order valence-electron chi connectivity index (χ0n) is 18.1. The summed E-state index contributed by atoms with van der Waals surface area (Å²) < 4.78 is 5.22. The van der Waals surface area contributed by atoms with Crippen molar-refractivity contribution in [1.29, 1.82) is 0 Å². The van der Waals surface area contributed by atoms with Gasteiger partial charge in [0, 0.05) is 11.3 Å². The Hall–Kier alpha value is -3.45. The summed E-state index contributed by atoms with van der Waals surface area (Å²) >= 11 is 1.30. The van der Waals surface area contributed by atoms with E-state index in [4.69, 9.17) is 4.74 Å². The van der Waals surface area contributed by atoms with Crippen molar-refractivity contribution in [3.8, 4) is 0 Å². The highest BCUT2D eigenvalue weighted by atomic mass is 32.1. The van der Waals surface area contributed by atoms with Crippen LogP contribution in [0.5, 0.6) is 0 Å². The second-order valence-corrected chi connectivity index (χ2v) is 8.27. The van der Waals surface area contributed by atoms with Crippen molar-refractivity contribution in [3.63, 3.8) is 0 Å². The first-order valence-electron chi connectivity index (χ1n) is 10.5. The van der Waals surface area contributed by atoms with E-state index in [1.54, 1.807) is 53.9 Å². The number of carbonyl (C=O) groups is 3. The van der Waals surface area contributed by atoms with Crippen LogP contribution in [0.1, 0.15) is 55.7 Å². The number of rotatable bonds is 10. The Balaban J connectivity index is 1.75. The Kier molecular flexibility index (Phi) is 8.16. The molecule has 0 fully saturated rings. The number of ketones is 1. The molecular formula is C25H26N2O4S. The number of anilines is 1. The van der Waals surface area contributed by atoms with Gasteiger partial charge in [0.05, 0.1) is 17.0 Å². The fourth-order valence-corrected chi connectivity index (χ4v) is 3.55. The number of esters is 1. The number of aryl methyl sites for hydroxylation is 1. The average Bonchev–Trinajstić information content (AvgIpc) is 3.34. The number of benzene rings is 2. The number of thiophene rings is 1. The number of carbonyl (C=O) groups excluding carboxylic acids is 3. The van der Waals surface area contributed by atoms with Gasteiger partial charge in [0.1, 0.15) is 0 Å². The molecule has 1 atom stereocenters. The van der Waals surface area contributed by atoms with Crippen LogP contribution in [0.25, 0.3) is 0 Å². The maximum atomic E-state index is 13.1. The number of nitrogens with one attached hydrogen (secondary N) is 2. The molecule has 7 heteroatoms. The molecule has 3 aromatic rings. The second kappa shape index (κ2) is 11.2. The van der Waals surface area contributed by atoms with Gasteiger partial charge in [-0.2, -0.15) is 0 Å². The summed E-state index contributed by atoms with van der Waals surface area (Å²) in [4.78, 5) is 38.4. The molecule has 0 saturated heterocycles. The van der Waals surface area contributed by atoms with Crippen LogP contribution in [-0.2, 0) is 4.74 Å². The van der Waals surface area contributed by atoms with E-state index in [-0.39, 0.29) is 17.7 Å². The van der Waals surface area contributed by atoms with Gasteiger partial charge in [0.2, 0.25) is 5.78 Å². The number of Topliss-reactive ketones (excluding diaryl/α,β-unsaturated/α-hetero) is 1. The van der Waals surface area contributed by atoms with Gasteiger partial charge < -0.3 is 15.4 Å². The zero-order valence-corrected chi connectivity index (χ0v) is 18.9. The van der Waals surface area contributed by atoms with Crippen LogP contribution in [0.15, 0.2) is 66.0 Å². The van der Waals surface area contributed by atoms with Crippen LogP contribution < -0.4 is 10.6 Å². The summed E-state index contributed by atoms with van der Waals surface area (Å²) in [5.74, 6) is -0.990. The van der Waals surface area contributed by atoms with Crippen molar-refractivity contribution < 1.29 is 19.1 Å². The van der Waals surface area contributed by atoms with E-state index in [0.29, 0.717) is 28.3 Å². The van der Waals surface area contributed by atoms with E-state index in [0.717, 1.165) is 18.4 Å². The molecule has 0 aliphatic heterocycles. The van der Waals surface area contributed by atoms with Crippen molar-refractivity contribution in [2.24, 2.45) is 0 Å². The van der Waals surface area contributed by atoms with E-state index in [2.05, 4.69) is 10.6 Å². The molecule has 1 aromatic heterocycles. The molecule has 0 unspecified atom stereocenters. The molecule has 0 aliphatic carbocycles. The molecule has 0 bridgehead atoms. The van der Waals surface area contributed by atoms with Gasteiger partial charge in [0.25, 0.3) is 5.91 Å². The summed E-state index contributed by atoms with van der Waals surface area (Å²) in [5, 5.41) is 7.65. The van der Waals surface area contributed by atoms with Gasteiger partial charge in [-0.3, -0.25) is 9.59 Å². The van der Waals surface area contributed by atoms with Gasteiger partial charge in [-0.1, -0.05) is 49.2 Å². The summed E-state index contributed by atoms with van der Waals surface area (Å²) in [6.07, 6.45) is 0.789. The summed E-state index contributed by atoms with van der Waals surface area (Å²) in [7, 11) is 0. The van der Waals surface area contributed by atoms with Crippen LogP contribution in [-0.4, -0.2) is 30.4 Å². The predicted octanol–water partition coefficient (Wildman–Crippen LogP) is 5.06. The van der Waals surface area contributed by atoms with Crippen molar-refractivity contribution in [2.75, 3.05) is 11.9 Å². The number of amides is 1. The largest absolute Gasteiger partial charge is 0.462 e. The van der Waals surface area contributed by atoms with Crippen molar-refractivity contribution in [3.05, 3.63) is 87.6 Å². The van der Waals surface area contributed by atoms with Crippen molar-refractivity contribution >= 4 is 34.7 Å². The molecule has 0 aliphatic rings. The third-order valence-electron chi connectivity index (χ3n) is 4.78. The second-order valence-electron chi connectivity index (χ2n) is 7.33. The first kappa shape index (κ1) is 23.2. The first-order chi connectivity index (χ1) is 15.5. The molecule has 2 aromatic carbocycles. The highest BCUT2D eigenvalue weighted by Crippen LogP contribution is 2.15. The third kappa shape index (κ3) is 6.28. The predicted molar refractivity (Wildman–Crippen MR) is 126 cm³/mol. The van der Waals surface area contributed by atoms with Gasteiger partial charge in [0.15, 0.2) is 6.17 Å². The fourth-order valence-electron chi connectivity index (χ4n) is 2.92. The highest BCUT2D eigenvalue weighted by Gasteiger charge is 2.23. The molecule has 32 heavy (non-hydrogen) atoms. The molecule has 0 radical (unpaired) electrons. The summed E-state index contributed by atoms with van der Waals surface area (Å²) in [6.45, 7) is 4.36. The number of ether oxygens (including phenoxy) is 1. The standard InChI is InChI=1S/C25H26N2O4S/c1-3-4-15-31-25(30)19-11-13-20(14-12-19)26-23(27-24(29)21-6-5-16-32-21)22(28)18-9-7-17(2)8-10-18/h5-14,16,23,26H,3-4,15H2,1-2H3,(H,27,29)/t23-/m0/s1. The van der Waals surface area contributed by atoms with Crippen molar-refractivity contribution in [2.45, 2.75) is 32.9 Å². The van der Waals surface area contributed by atoms with Gasteiger partial charge in [-0.05, 0) is 49.1 Å². The lowest BCUT2D eigenvalue weighted by Gasteiger charge is -2.20. The van der Waals surface area contributed by atoms with Crippen LogP contribution in [0.4, 0.5) is 5.69 Å². The molecule has 1 amide bonds. The first-order valence-corrected chi connectivity index (χ1v) is 11.3.